The summed E-state index contributed by atoms with van der Waals surface area (Å²) in [4.78, 5) is 49.1. The van der Waals surface area contributed by atoms with Crippen LogP contribution in [0.25, 0.3) is 11.0 Å². The second-order valence-electron chi connectivity index (χ2n) is 24.7. The van der Waals surface area contributed by atoms with Crippen LogP contribution < -0.4 is 43.5 Å². The van der Waals surface area contributed by atoms with Gasteiger partial charge in [-0.2, -0.15) is 4.98 Å². The van der Waals surface area contributed by atoms with Gasteiger partial charge in [0.05, 0.1) is 91.1 Å². The van der Waals surface area contributed by atoms with Crippen LogP contribution in [0.2, 0.25) is 0 Å². The lowest BCUT2D eigenvalue weighted by Gasteiger charge is -2.58. The maximum atomic E-state index is 15.0. The number of aromatic nitrogens is 3. The third-order valence-corrected chi connectivity index (χ3v) is 20.7. The van der Waals surface area contributed by atoms with Crippen molar-refractivity contribution in [2.24, 2.45) is 11.3 Å². The molecule has 3 aromatic carbocycles. The van der Waals surface area contributed by atoms with E-state index in [0.717, 1.165) is 105 Å². The normalized spacial score (nSPS) is 24.1. The number of para-hydroxylation sites is 1. The first kappa shape index (κ1) is 57.3. The number of pyridine rings is 2. The third kappa shape index (κ3) is 10.8. The number of ether oxygens (including phenoxy) is 8. The number of nitrogens with one attached hydrogen (secondary N) is 3. The van der Waals surface area contributed by atoms with Gasteiger partial charge in [-0.3, -0.25) is 24.7 Å². The number of hydrogen-bond donors (Lipinski definition) is 3. The van der Waals surface area contributed by atoms with Crippen molar-refractivity contribution in [3.05, 3.63) is 111 Å². The first-order valence-electron chi connectivity index (χ1n) is 30.5. The molecule has 87 heavy (non-hydrogen) atoms. The Labute approximate surface area is 505 Å². The molecule has 10 heterocycles. The van der Waals surface area contributed by atoms with E-state index in [1.54, 1.807) is 26.5 Å². The molecule has 5 atom stereocenters. The molecule has 5 fully saturated rings. The number of sulfonamides is 1. The van der Waals surface area contributed by atoms with Crippen LogP contribution in [0.5, 0.6) is 29.0 Å². The van der Waals surface area contributed by atoms with E-state index < -0.39 is 37.5 Å². The molecule has 3 aromatic heterocycles. The maximum absolute atomic E-state index is 15.0. The lowest BCUT2D eigenvalue weighted by molar-refractivity contribution is -0.384. The summed E-state index contributed by atoms with van der Waals surface area (Å²) in [6.45, 7) is 11.2. The van der Waals surface area contributed by atoms with E-state index in [-0.39, 0.29) is 71.8 Å². The molecule has 4 saturated heterocycles. The van der Waals surface area contributed by atoms with Gasteiger partial charge in [0.25, 0.3) is 27.5 Å². The summed E-state index contributed by atoms with van der Waals surface area (Å²) in [6.07, 6.45) is 7.46. The average Bonchev–Trinajstić information content (AvgIpc) is 1.49. The van der Waals surface area contributed by atoms with Crippen LogP contribution in [0.15, 0.2) is 83.9 Å². The highest BCUT2D eigenvalue weighted by Gasteiger charge is 2.51. The number of piperidine rings is 1. The van der Waals surface area contributed by atoms with Gasteiger partial charge in [0.15, 0.2) is 17.2 Å². The Morgan fingerprint density at radius 2 is 1.67 bits per heavy atom. The number of benzene rings is 3. The molecule has 1 saturated carbocycles. The number of fused-ring (bicyclic) bond motifs is 5. The average molecular weight is 1210 g/mol. The number of hydrogen-bond acceptors (Lipinski definition) is 20. The molecule has 1 spiro atoms. The number of carbonyl (C=O) groups excluding carboxylic acids is 1. The van der Waals surface area contributed by atoms with Crippen molar-refractivity contribution in [1.29, 1.82) is 0 Å². The van der Waals surface area contributed by atoms with Crippen molar-refractivity contribution in [2.75, 3.05) is 102 Å². The molecule has 0 bridgehead atoms. The van der Waals surface area contributed by atoms with Crippen molar-refractivity contribution in [2.45, 2.75) is 113 Å². The number of nitro benzene ring substituents is 1. The topological polar surface area (TPSA) is 247 Å². The number of amides is 1. The highest BCUT2D eigenvalue weighted by atomic mass is 32.2. The van der Waals surface area contributed by atoms with Crippen molar-refractivity contribution < 1.29 is 56.0 Å². The predicted octanol–water partition coefficient (Wildman–Crippen LogP) is 8.46. The predicted molar refractivity (Wildman–Crippen MR) is 322 cm³/mol. The number of nitro groups is 1. The van der Waals surface area contributed by atoms with Gasteiger partial charge in [0, 0.05) is 93.6 Å². The van der Waals surface area contributed by atoms with E-state index in [1.807, 2.05) is 24.3 Å². The Morgan fingerprint density at radius 3 is 2.46 bits per heavy atom. The van der Waals surface area contributed by atoms with E-state index in [9.17, 15) is 23.3 Å². The molecule has 24 heteroatoms. The van der Waals surface area contributed by atoms with Gasteiger partial charge in [-0.15, -0.1) is 0 Å². The van der Waals surface area contributed by atoms with Crippen LogP contribution in [0.3, 0.4) is 0 Å². The molecule has 14 rings (SSSR count). The first-order chi connectivity index (χ1) is 42.2. The van der Waals surface area contributed by atoms with Crippen LogP contribution in [-0.4, -0.2) is 161 Å². The fraction of sp³-hybridized carbons (Fsp3) is 0.508. The van der Waals surface area contributed by atoms with Gasteiger partial charge >= 0.3 is 0 Å². The van der Waals surface area contributed by atoms with Crippen molar-refractivity contribution >= 4 is 55.4 Å². The Hall–Kier alpha value is -7.48. The summed E-state index contributed by atoms with van der Waals surface area (Å²) < 4.78 is 79.5. The summed E-state index contributed by atoms with van der Waals surface area (Å²) in [5, 5.41) is 16.7. The van der Waals surface area contributed by atoms with E-state index >= 15 is 0 Å². The van der Waals surface area contributed by atoms with Gasteiger partial charge in [-0.1, -0.05) is 18.2 Å². The third-order valence-electron chi connectivity index (χ3n) is 19.3. The Balaban J connectivity index is 0.737. The minimum absolute atomic E-state index is 0.00350. The molecule has 8 aliphatic rings. The lowest BCUT2D eigenvalue weighted by Crippen LogP contribution is -2.60. The number of methoxy groups -OCH3 is 2. The highest BCUT2D eigenvalue weighted by molar-refractivity contribution is 7.90. The molecule has 0 radical (unpaired) electrons. The standard InChI is InChI=1S/C63H74N10O13S/c1-37(2)85-54-8-6-5-7-43(54)52-32-70(53-35-83-33-47-45(53)29-56(79-3)62(66-47)80-4)20-21-71(52)41-30-63(31-41)15-18-69(19-16-63)40-9-10-44(49(26-40)72-48-14-24-82-36-57(48)86-61-51(72)25-39-11-17-64-59(39)67-61)60(74)68-87(77,78)42-27-50(73(75)76)58-55(28-42)84-34-46(65-58)38-12-22-81-23-13-38/h5-11,17,25-29,37-38,41,46,48,52-53,57,65H,12-16,18-24,30-36H2,1-4H3,(H,64,67)(H,68,74)/t46-,48-,52-,53+,57-/m0/s1. The van der Waals surface area contributed by atoms with E-state index in [1.165, 1.54) is 11.6 Å². The Bertz CT molecular complexity index is 3710. The van der Waals surface area contributed by atoms with Gasteiger partial charge in [0.2, 0.25) is 5.88 Å². The Morgan fingerprint density at radius 1 is 0.851 bits per heavy atom. The minimum atomic E-state index is -4.73. The van der Waals surface area contributed by atoms with Crippen molar-refractivity contribution in [3.63, 3.8) is 0 Å². The van der Waals surface area contributed by atoms with Gasteiger partial charge in [-0.05, 0) is 118 Å². The van der Waals surface area contributed by atoms with E-state index in [2.05, 4.69) is 78.8 Å². The van der Waals surface area contributed by atoms with Crippen LogP contribution >= 0.6 is 0 Å². The van der Waals surface area contributed by atoms with Crippen molar-refractivity contribution in [1.82, 2.24) is 29.5 Å². The molecule has 460 valence electrons. The van der Waals surface area contributed by atoms with E-state index in [4.69, 9.17) is 47.9 Å². The molecular weight excluding hydrogens is 1140 g/mol. The molecule has 0 unspecified atom stereocenters. The zero-order chi connectivity index (χ0) is 59.7. The second-order valence-corrected chi connectivity index (χ2v) is 26.4. The molecule has 6 aromatic rings. The molecular formula is C63H74N10O13S. The smallest absolute Gasteiger partial charge is 0.297 e. The number of H-pyrrole nitrogens is 1. The molecule has 1 aliphatic carbocycles. The lowest BCUT2D eigenvalue weighted by atomic mass is 9.59. The molecule has 7 aliphatic heterocycles. The zero-order valence-corrected chi connectivity index (χ0v) is 50.2. The number of anilines is 4. The Kier molecular flexibility index (Phi) is 15.3. The van der Waals surface area contributed by atoms with Crippen LogP contribution in [0, 0.1) is 21.4 Å². The van der Waals surface area contributed by atoms with Gasteiger partial charge < -0.3 is 58.0 Å². The quantitative estimate of drug-likeness (QED) is 0.0683. The van der Waals surface area contributed by atoms with E-state index in [0.29, 0.717) is 80.0 Å². The van der Waals surface area contributed by atoms with Crippen LogP contribution in [-0.2, 0) is 30.8 Å². The number of carbonyl (C=O) groups is 1. The van der Waals surface area contributed by atoms with Crippen molar-refractivity contribution in [3.8, 4) is 29.0 Å². The maximum Gasteiger partial charge on any atom is 0.297 e. The molecule has 23 nitrogen and oxygen atoms in total. The summed E-state index contributed by atoms with van der Waals surface area (Å²) in [6, 6.07) is 22.1. The number of aromatic amines is 1. The summed E-state index contributed by atoms with van der Waals surface area (Å²) >= 11 is 0. The van der Waals surface area contributed by atoms with Crippen LogP contribution in [0.1, 0.15) is 98.1 Å². The van der Waals surface area contributed by atoms with Gasteiger partial charge in [0.1, 0.15) is 29.8 Å². The van der Waals surface area contributed by atoms with Crippen LogP contribution in [0.4, 0.5) is 28.4 Å². The summed E-state index contributed by atoms with van der Waals surface area (Å²) in [7, 11) is -1.49. The monoisotopic (exact) mass is 1210 g/mol. The molecule has 3 N–H and O–H groups in total. The molecule has 1 amide bonds. The summed E-state index contributed by atoms with van der Waals surface area (Å²) in [5.74, 6) is 1.57. The fourth-order valence-corrected chi connectivity index (χ4v) is 15.8. The number of piperazine rings is 1. The fourth-order valence-electron chi connectivity index (χ4n) is 14.8. The van der Waals surface area contributed by atoms with Gasteiger partial charge in [-0.25, -0.2) is 18.1 Å². The zero-order valence-electron chi connectivity index (χ0n) is 49.4. The first-order valence-corrected chi connectivity index (χ1v) is 31.9. The minimum Gasteiger partial charge on any atom is -0.491 e. The largest absolute Gasteiger partial charge is 0.491 e. The number of rotatable bonds is 14. The summed E-state index contributed by atoms with van der Waals surface area (Å²) in [5.41, 5.74) is 5.60. The second kappa shape index (κ2) is 23.2. The SMILES string of the molecule is COc1cc2c(nc1OC)COC[C@H]2N1CCN(C2CC3(CCN(c4ccc(C(=O)NS(=O)(=O)c5cc6c(c([N+](=O)[O-])c5)N[C@H](C5CCOCC5)CO6)c(N5c6cc7cc[nH]c7nc6O[C@H]6COCC[C@@H]65)c4)CC3)C2)[C@H](c2ccccc2OC(C)C)C1. The highest BCUT2D eigenvalue weighted by Crippen LogP contribution is 2.55. The number of nitrogens with zero attached hydrogens (tertiary/aromatic N) is 7.